The van der Waals surface area contributed by atoms with Gasteiger partial charge < -0.3 is 5.32 Å². The molecule has 110 valence electrons. The highest BCUT2D eigenvalue weighted by atomic mass is 35.5. The van der Waals surface area contributed by atoms with Crippen LogP contribution in [0.3, 0.4) is 0 Å². The van der Waals surface area contributed by atoms with Gasteiger partial charge in [-0.2, -0.15) is 0 Å². The Bertz CT molecular complexity index is 601. The Morgan fingerprint density at radius 3 is 2.29 bits per heavy atom. The van der Waals surface area contributed by atoms with Crippen LogP contribution >= 0.6 is 11.6 Å². The topological polar surface area (TPSA) is 41.1 Å². The van der Waals surface area contributed by atoms with E-state index in [1.54, 1.807) is 0 Å². The first-order chi connectivity index (χ1) is 10.1. The van der Waals surface area contributed by atoms with Gasteiger partial charge in [0.05, 0.1) is 6.04 Å². The number of carbonyl (C=O) groups excluding carboxylic acids is 1. The third-order valence-corrected chi connectivity index (χ3v) is 3.65. The van der Waals surface area contributed by atoms with Crippen LogP contribution < -0.4 is 10.6 Å². The molecule has 2 atom stereocenters. The highest BCUT2D eigenvalue weighted by Crippen LogP contribution is 2.22. The zero-order valence-electron chi connectivity index (χ0n) is 12.1. The van der Waals surface area contributed by atoms with Crippen LogP contribution in [0.4, 0.5) is 5.69 Å². The molecule has 0 bridgehead atoms. The quantitative estimate of drug-likeness (QED) is 0.876. The maximum atomic E-state index is 12.2. The molecular weight excluding hydrogens is 284 g/mol. The number of anilines is 1. The molecule has 0 spiro atoms. The van der Waals surface area contributed by atoms with Gasteiger partial charge in [-0.25, -0.2) is 0 Å². The minimum absolute atomic E-state index is 0.00442. The number of hydrogen-bond acceptors (Lipinski definition) is 2. The molecule has 0 unspecified atom stereocenters. The van der Waals surface area contributed by atoms with Crippen molar-refractivity contribution in [1.29, 1.82) is 0 Å². The molecule has 0 saturated carbocycles. The van der Waals surface area contributed by atoms with Crippen LogP contribution in [-0.4, -0.2) is 11.9 Å². The fourth-order valence-corrected chi connectivity index (χ4v) is 2.44. The van der Waals surface area contributed by atoms with Crippen LogP contribution in [0, 0.1) is 0 Å². The Labute approximate surface area is 130 Å². The molecule has 3 nitrogen and oxygen atoms in total. The Kier molecular flexibility index (Phi) is 5.37. The predicted molar refractivity (Wildman–Crippen MR) is 87.5 cm³/mol. The van der Waals surface area contributed by atoms with E-state index in [1.807, 2.05) is 68.4 Å². The predicted octanol–water partition coefficient (Wildman–Crippen LogP) is 4.02. The van der Waals surface area contributed by atoms with E-state index in [9.17, 15) is 4.79 Å². The zero-order chi connectivity index (χ0) is 15.2. The third-order valence-electron chi connectivity index (χ3n) is 3.31. The van der Waals surface area contributed by atoms with Crippen molar-refractivity contribution in [2.24, 2.45) is 0 Å². The van der Waals surface area contributed by atoms with E-state index in [0.717, 1.165) is 11.3 Å². The summed E-state index contributed by atoms with van der Waals surface area (Å²) in [7, 11) is 0. The zero-order valence-corrected chi connectivity index (χ0v) is 12.9. The second-order valence-electron chi connectivity index (χ2n) is 4.99. The largest absolute Gasteiger partial charge is 0.325 e. The van der Waals surface area contributed by atoms with E-state index in [0.29, 0.717) is 5.02 Å². The summed E-state index contributed by atoms with van der Waals surface area (Å²) in [6, 6.07) is 16.7. The number of carbonyl (C=O) groups is 1. The summed E-state index contributed by atoms with van der Waals surface area (Å²) < 4.78 is 0. The maximum absolute atomic E-state index is 12.2. The Hall–Kier alpha value is -1.84. The van der Waals surface area contributed by atoms with Crippen LogP contribution in [-0.2, 0) is 4.79 Å². The first kappa shape index (κ1) is 15.5. The lowest BCUT2D eigenvalue weighted by Crippen LogP contribution is -2.39. The van der Waals surface area contributed by atoms with Crippen molar-refractivity contribution in [3.8, 4) is 0 Å². The van der Waals surface area contributed by atoms with Crippen molar-refractivity contribution < 1.29 is 4.79 Å². The van der Waals surface area contributed by atoms with Crippen LogP contribution in [0.5, 0.6) is 0 Å². The van der Waals surface area contributed by atoms with Crippen LogP contribution in [0.25, 0.3) is 0 Å². The SMILES string of the molecule is C[C@@H](N[C@H](C)c1ccccc1Cl)C(=O)Nc1ccccc1. The fraction of sp³-hybridized carbons (Fsp3) is 0.235. The lowest BCUT2D eigenvalue weighted by atomic mass is 10.1. The lowest BCUT2D eigenvalue weighted by Gasteiger charge is -2.20. The number of amides is 1. The summed E-state index contributed by atoms with van der Waals surface area (Å²) in [5, 5.41) is 6.84. The molecule has 2 aromatic rings. The molecule has 0 radical (unpaired) electrons. The maximum Gasteiger partial charge on any atom is 0.241 e. The molecule has 0 aliphatic heterocycles. The van der Waals surface area contributed by atoms with Gasteiger partial charge in [-0.05, 0) is 37.6 Å². The van der Waals surface area contributed by atoms with Gasteiger partial charge in [-0.1, -0.05) is 48.0 Å². The summed E-state index contributed by atoms with van der Waals surface area (Å²) in [5.74, 6) is -0.0693. The molecule has 0 aromatic heterocycles. The Morgan fingerprint density at radius 1 is 1.00 bits per heavy atom. The van der Waals surface area contributed by atoms with Crippen LogP contribution in [0.2, 0.25) is 5.02 Å². The molecule has 1 amide bonds. The van der Waals surface area contributed by atoms with Crippen LogP contribution in [0.1, 0.15) is 25.5 Å². The first-order valence-corrected chi connectivity index (χ1v) is 7.32. The number of nitrogens with one attached hydrogen (secondary N) is 2. The van der Waals surface area contributed by atoms with Crippen molar-refractivity contribution in [3.05, 3.63) is 65.2 Å². The number of para-hydroxylation sites is 1. The van der Waals surface area contributed by atoms with Crippen LogP contribution in [0.15, 0.2) is 54.6 Å². The minimum atomic E-state index is -0.323. The second-order valence-corrected chi connectivity index (χ2v) is 5.39. The van der Waals surface area contributed by atoms with Gasteiger partial charge in [0.1, 0.15) is 0 Å². The first-order valence-electron chi connectivity index (χ1n) is 6.94. The monoisotopic (exact) mass is 302 g/mol. The minimum Gasteiger partial charge on any atom is -0.325 e. The van der Waals surface area contributed by atoms with E-state index < -0.39 is 0 Å². The normalized spacial score (nSPS) is 13.5. The highest BCUT2D eigenvalue weighted by Gasteiger charge is 2.17. The number of halogens is 1. The molecular formula is C17H19ClN2O. The van der Waals surface area contributed by atoms with Gasteiger partial charge in [-0.3, -0.25) is 10.1 Å². The Balaban J connectivity index is 1.96. The lowest BCUT2D eigenvalue weighted by molar-refractivity contribution is -0.117. The van der Waals surface area contributed by atoms with Crippen molar-refractivity contribution in [1.82, 2.24) is 5.32 Å². The Morgan fingerprint density at radius 2 is 1.62 bits per heavy atom. The van der Waals surface area contributed by atoms with Gasteiger partial charge in [-0.15, -0.1) is 0 Å². The molecule has 2 rings (SSSR count). The summed E-state index contributed by atoms with van der Waals surface area (Å²) >= 11 is 6.17. The standard InChI is InChI=1S/C17H19ClN2O/c1-12(15-10-6-7-11-16(15)18)19-13(2)17(21)20-14-8-4-3-5-9-14/h3-13,19H,1-2H3,(H,20,21)/t12-,13-/m1/s1. The number of rotatable bonds is 5. The summed E-state index contributed by atoms with van der Waals surface area (Å²) in [6.07, 6.45) is 0. The average molecular weight is 303 g/mol. The molecule has 0 aliphatic rings. The molecule has 0 aliphatic carbocycles. The van der Waals surface area contributed by atoms with E-state index in [2.05, 4.69) is 10.6 Å². The molecule has 2 aromatic carbocycles. The highest BCUT2D eigenvalue weighted by molar-refractivity contribution is 6.31. The summed E-state index contributed by atoms with van der Waals surface area (Å²) in [4.78, 5) is 12.2. The number of hydrogen-bond donors (Lipinski definition) is 2. The third kappa shape index (κ3) is 4.31. The summed E-state index contributed by atoms with van der Waals surface area (Å²) in [5.41, 5.74) is 1.78. The molecule has 0 heterocycles. The van der Waals surface area contributed by atoms with E-state index in [1.165, 1.54) is 0 Å². The van der Waals surface area contributed by atoms with Crippen molar-refractivity contribution in [2.45, 2.75) is 25.9 Å². The average Bonchev–Trinajstić information content (AvgIpc) is 2.48. The van der Waals surface area contributed by atoms with Crippen molar-refractivity contribution in [3.63, 3.8) is 0 Å². The van der Waals surface area contributed by atoms with Gasteiger partial charge in [0, 0.05) is 16.8 Å². The van der Waals surface area contributed by atoms with Gasteiger partial charge >= 0.3 is 0 Å². The molecule has 0 saturated heterocycles. The molecule has 4 heteroatoms. The molecule has 2 N–H and O–H groups in total. The second kappa shape index (κ2) is 7.25. The van der Waals surface area contributed by atoms with Gasteiger partial charge in [0.25, 0.3) is 0 Å². The fourth-order valence-electron chi connectivity index (χ4n) is 2.14. The molecule has 21 heavy (non-hydrogen) atoms. The van der Waals surface area contributed by atoms with Crippen molar-refractivity contribution >= 4 is 23.2 Å². The summed E-state index contributed by atoms with van der Waals surface area (Å²) in [6.45, 7) is 3.83. The van der Waals surface area contributed by atoms with E-state index in [4.69, 9.17) is 11.6 Å². The van der Waals surface area contributed by atoms with E-state index >= 15 is 0 Å². The number of benzene rings is 2. The smallest absolute Gasteiger partial charge is 0.241 e. The van der Waals surface area contributed by atoms with E-state index in [-0.39, 0.29) is 18.0 Å². The van der Waals surface area contributed by atoms with Gasteiger partial charge in [0.2, 0.25) is 5.91 Å². The molecule has 0 fully saturated rings. The van der Waals surface area contributed by atoms with Crippen molar-refractivity contribution in [2.75, 3.05) is 5.32 Å². The van der Waals surface area contributed by atoms with Gasteiger partial charge in [0.15, 0.2) is 0 Å².